The third kappa shape index (κ3) is 2.60. The lowest BCUT2D eigenvalue weighted by Crippen LogP contribution is -2.46. The lowest BCUT2D eigenvalue weighted by molar-refractivity contribution is -0.132. The molecule has 2 aliphatic rings. The monoisotopic (exact) mass is 346 g/mol. The van der Waals surface area contributed by atoms with Crippen LogP contribution in [0.4, 0.5) is 4.79 Å². The van der Waals surface area contributed by atoms with Gasteiger partial charge in [0.2, 0.25) is 11.7 Å². The minimum atomic E-state index is -0.732. The van der Waals surface area contributed by atoms with Crippen molar-refractivity contribution in [2.24, 2.45) is 0 Å². The molecular weight excluding hydrogens is 328 g/mol. The number of carbonyl (C=O) groups excluding carboxylic acids is 2. The van der Waals surface area contributed by atoms with Gasteiger partial charge in [-0.2, -0.15) is 16.3 Å². The molecule has 2 aromatic heterocycles. The van der Waals surface area contributed by atoms with E-state index in [0.717, 1.165) is 31.2 Å². The van der Waals surface area contributed by atoms with E-state index in [4.69, 9.17) is 4.52 Å². The van der Waals surface area contributed by atoms with Crippen LogP contribution in [0.3, 0.4) is 0 Å². The summed E-state index contributed by atoms with van der Waals surface area (Å²) in [6, 6.07) is 1.53. The summed E-state index contributed by atoms with van der Waals surface area (Å²) in [5, 5.41) is 10.7. The molecule has 24 heavy (non-hydrogen) atoms. The van der Waals surface area contributed by atoms with Gasteiger partial charge in [-0.15, -0.1) is 0 Å². The van der Waals surface area contributed by atoms with Crippen LogP contribution in [0.1, 0.15) is 44.4 Å². The number of amides is 3. The number of carbonyl (C=O) groups is 2. The molecule has 0 radical (unpaired) electrons. The number of hydrogen-bond donors (Lipinski definition) is 1. The van der Waals surface area contributed by atoms with E-state index in [9.17, 15) is 9.59 Å². The molecule has 3 amide bonds. The zero-order chi connectivity index (χ0) is 16.6. The molecule has 0 atom stereocenters. The Morgan fingerprint density at radius 3 is 2.75 bits per heavy atom. The molecule has 1 saturated carbocycles. The number of nitrogens with one attached hydrogen (secondary N) is 1. The number of nitrogens with zero attached hydrogens (tertiary/aromatic N) is 3. The van der Waals surface area contributed by atoms with Crippen LogP contribution in [0.15, 0.2) is 21.3 Å². The van der Waals surface area contributed by atoms with Crippen molar-refractivity contribution in [2.45, 2.75) is 50.6 Å². The molecule has 0 unspecified atom stereocenters. The second-order valence-corrected chi connectivity index (χ2v) is 7.12. The predicted molar refractivity (Wildman–Crippen MR) is 87.1 cm³/mol. The van der Waals surface area contributed by atoms with Gasteiger partial charge in [0, 0.05) is 10.9 Å². The van der Waals surface area contributed by atoms with Gasteiger partial charge < -0.3 is 9.84 Å². The summed E-state index contributed by atoms with van der Waals surface area (Å²) in [5.41, 5.74) is 0.136. The molecule has 1 saturated heterocycles. The van der Waals surface area contributed by atoms with Gasteiger partial charge in [0.1, 0.15) is 12.1 Å². The van der Waals surface area contributed by atoms with Crippen molar-refractivity contribution in [2.75, 3.05) is 0 Å². The number of rotatable bonds is 3. The Labute approximate surface area is 143 Å². The zero-order valence-electron chi connectivity index (χ0n) is 13.2. The first-order chi connectivity index (χ1) is 11.7. The van der Waals surface area contributed by atoms with Crippen LogP contribution in [0.5, 0.6) is 0 Å². The summed E-state index contributed by atoms with van der Waals surface area (Å²) in [6.07, 6.45) is 5.55. The number of urea groups is 1. The Morgan fingerprint density at radius 1 is 1.25 bits per heavy atom. The van der Waals surface area contributed by atoms with Gasteiger partial charge in [0.25, 0.3) is 5.91 Å². The van der Waals surface area contributed by atoms with Crippen molar-refractivity contribution in [3.05, 3.63) is 22.7 Å². The quantitative estimate of drug-likeness (QED) is 0.863. The summed E-state index contributed by atoms with van der Waals surface area (Å²) >= 11 is 1.54. The van der Waals surface area contributed by atoms with Gasteiger partial charge in [-0.3, -0.25) is 9.69 Å². The first-order valence-corrected chi connectivity index (χ1v) is 9.11. The number of thiophene rings is 1. The van der Waals surface area contributed by atoms with Crippen LogP contribution in [0.25, 0.3) is 11.4 Å². The first kappa shape index (κ1) is 15.3. The van der Waals surface area contributed by atoms with Gasteiger partial charge in [-0.1, -0.05) is 30.8 Å². The molecule has 8 heteroatoms. The summed E-state index contributed by atoms with van der Waals surface area (Å²) in [5.74, 6) is 0.581. The minimum absolute atomic E-state index is 0.0174. The van der Waals surface area contributed by atoms with Crippen molar-refractivity contribution in [1.29, 1.82) is 0 Å². The van der Waals surface area contributed by atoms with Gasteiger partial charge in [0.05, 0.1) is 0 Å². The average Bonchev–Trinajstić information content (AvgIpc) is 3.25. The van der Waals surface area contributed by atoms with Crippen molar-refractivity contribution < 1.29 is 14.1 Å². The number of imide groups is 1. The standard InChI is InChI=1S/C16H18N4O3S/c21-14-16(6-3-1-2-4-7-16)18-15(22)20(14)9-12-17-13(19-23-12)11-5-8-24-10-11/h5,8,10H,1-4,6-7,9H2,(H,18,22). The van der Waals surface area contributed by atoms with E-state index in [1.165, 1.54) is 4.90 Å². The van der Waals surface area contributed by atoms with Gasteiger partial charge >= 0.3 is 6.03 Å². The van der Waals surface area contributed by atoms with Crippen LogP contribution in [0.2, 0.25) is 0 Å². The molecule has 2 fully saturated rings. The smallest absolute Gasteiger partial charge is 0.325 e. The third-order valence-corrected chi connectivity index (χ3v) is 5.43. The van der Waals surface area contributed by atoms with Crippen molar-refractivity contribution in [3.63, 3.8) is 0 Å². The van der Waals surface area contributed by atoms with E-state index in [1.54, 1.807) is 11.3 Å². The highest BCUT2D eigenvalue weighted by Crippen LogP contribution is 2.33. The highest BCUT2D eigenvalue weighted by atomic mass is 32.1. The fourth-order valence-corrected chi connectivity index (χ4v) is 4.09. The molecule has 126 valence electrons. The van der Waals surface area contributed by atoms with Crippen molar-refractivity contribution in [3.8, 4) is 11.4 Å². The van der Waals surface area contributed by atoms with Crippen LogP contribution in [-0.4, -0.2) is 32.5 Å². The lowest BCUT2D eigenvalue weighted by atomic mass is 9.90. The topological polar surface area (TPSA) is 88.3 Å². The van der Waals surface area contributed by atoms with E-state index in [2.05, 4.69) is 15.5 Å². The van der Waals surface area contributed by atoms with Crippen molar-refractivity contribution in [1.82, 2.24) is 20.4 Å². The molecule has 0 aromatic carbocycles. The number of aromatic nitrogens is 2. The summed E-state index contributed by atoms with van der Waals surface area (Å²) in [4.78, 5) is 30.7. The maximum atomic E-state index is 12.8. The normalized spacial score (nSPS) is 20.4. The van der Waals surface area contributed by atoms with E-state index in [0.29, 0.717) is 18.7 Å². The highest BCUT2D eigenvalue weighted by molar-refractivity contribution is 7.08. The van der Waals surface area contributed by atoms with Gasteiger partial charge in [-0.05, 0) is 24.3 Å². The highest BCUT2D eigenvalue weighted by Gasteiger charge is 2.51. The molecule has 3 heterocycles. The second-order valence-electron chi connectivity index (χ2n) is 6.34. The van der Waals surface area contributed by atoms with Crippen LogP contribution >= 0.6 is 11.3 Å². The molecule has 2 aromatic rings. The van der Waals surface area contributed by atoms with E-state index in [-0.39, 0.29) is 24.4 Å². The molecule has 1 aliphatic carbocycles. The van der Waals surface area contributed by atoms with Gasteiger partial charge in [0.15, 0.2) is 0 Å². The van der Waals surface area contributed by atoms with Crippen LogP contribution in [-0.2, 0) is 11.3 Å². The van der Waals surface area contributed by atoms with E-state index >= 15 is 0 Å². The van der Waals surface area contributed by atoms with Crippen LogP contribution < -0.4 is 5.32 Å². The van der Waals surface area contributed by atoms with Gasteiger partial charge in [-0.25, -0.2) is 4.79 Å². The summed E-state index contributed by atoms with van der Waals surface area (Å²) < 4.78 is 5.22. The minimum Gasteiger partial charge on any atom is -0.337 e. The average molecular weight is 346 g/mol. The Bertz CT molecular complexity index is 747. The van der Waals surface area contributed by atoms with E-state index < -0.39 is 5.54 Å². The Balaban J connectivity index is 1.52. The summed E-state index contributed by atoms with van der Waals surface area (Å²) in [7, 11) is 0. The molecule has 7 nitrogen and oxygen atoms in total. The zero-order valence-corrected chi connectivity index (χ0v) is 14.0. The lowest BCUT2D eigenvalue weighted by Gasteiger charge is -2.24. The SMILES string of the molecule is O=C1NC2(CCCCCC2)C(=O)N1Cc1nc(-c2ccsc2)no1. The largest absolute Gasteiger partial charge is 0.337 e. The fourth-order valence-electron chi connectivity index (χ4n) is 3.45. The fraction of sp³-hybridized carbons (Fsp3) is 0.500. The maximum absolute atomic E-state index is 12.8. The predicted octanol–water partition coefficient (Wildman–Crippen LogP) is 2.94. The molecule has 1 aliphatic heterocycles. The van der Waals surface area contributed by atoms with E-state index in [1.807, 2.05) is 16.8 Å². The van der Waals surface area contributed by atoms with Crippen molar-refractivity contribution >= 4 is 23.3 Å². The Morgan fingerprint density at radius 2 is 2.04 bits per heavy atom. The first-order valence-electron chi connectivity index (χ1n) is 8.17. The Kier molecular flexibility index (Phi) is 3.84. The maximum Gasteiger partial charge on any atom is 0.325 e. The summed E-state index contributed by atoms with van der Waals surface area (Å²) in [6.45, 7) is 0.0174. The third-order valence-electron chi connectivity index (χ3n) is 4.74. The molecule has 0 bridgehead atoms. The Hall–Kier alpha value is -2.22. The molecule has 4 rings (SSSR count). The van der Waals surface area contributed by atoms with Crippen LogP contribution in [0, 0.1) is 0 Å². The molecule has 1 N–H and O–H groups in total. The molecular formula is C16H18N4O3S. The number of hydrogen-bond acceptors (Lipinski definition) is 6. The second kappa shape index (κ2) is 6.01. The molecule has 1 spiro atoms.